The van der Waals surface area contributed by atoms with Crippen molar-refractivity contribution in [3.05, 3.63) is 20.3 Å². The van der Waals surface area contributed by atoms with Gasteiger partial charge in [-0.2, -0.15) is 0 Å². The second kappa shape index (κ2) is 7.53. The summed E-state index contributed by atoms with van der Waals surface area (Å²) in [4.78, 5) is 23.5. The minimum absolute atomic E-state index is 0.0994. The van der Waals surface area contributed by atoms with Crippen LogP contribution in [0.2, 0.25) is 0 Å². The summed E-state index contributed by atoms with van der Waals surface area (Å²) in [5, 5.41) is 2.78. The lowest BCUT2D eigenvalue weighted by Crippen LogP contribution is -2.24. The SMILES string of the molecule is CCOC(=O)CCCNC(=O)c1cc(C)c(Br)s1. The molecule has 0 aliphatic carbocycles. The molecule has 0 aromatic carbocycles. The predicted octanol–water partition coefficient (Wildman–Crippen LogP) is 2.89. The molecule has 1 rings (SSSR count). The summed E-state index contributed by atoms with van der Waals surface area (Å²) in [5.41, 5.74) is 1.05. The molecule has 1 aromatic rings. The van der Waals surface area contributed by atoms with Crippen LogP contribution in [0.25, 0.3) is 0 Å². The van der Waals surface area contributed by atoms with E-state index in [0.717, 1.165) is 9.35 Å². The number of thiophene rings is 1. The number of carbonyl (C=O) groups excluding carboxylic acids is 2. The number of hydrogen-bond acceptors (Lipinski definition) is 4. The van der Waals surface area contributed by atoms with Crippen LogP contribution in [0.15, 0.2) is 9.85 Å². The average molecular weight is 334 g/mol. The number of aryl methyl sites for hydroxylation is 1. The highest BCUT2D eigenvalue weighted by Crippen LogP contribution is 2.27. The number of carbonyl (C=O) groups is 2. The van der Waals surface area contributed by atoms with Gasteiger partial charge in [0.1, 0.15) is 0 Å². The highest BCUT2D eigenvalue weighted by molar-refractivity contribution is 9.11. The Labute approximate surface area is 119 Å². The van der Waals surface area contributed by atoms with E-state index in [4.69, 9.17) is 4.74 Å². The van der Waals surface area contributed by atoms with Crippen LogP contribution in [0.5, 0.6) is 0 Å². The fraction of sp³-hybridized carbons (Fsp3) is 0.500. The van der Waals surface area contributed by atoms with Gasteiger partial charge in [-0.3, -0.25) is 9.59 Å². The smallest absolute Gasteiger partial charge is 0.305 e. The molecule has 0 radical (unpaired) electrons. The molecule has 0 spiro atoms. The third-order valence-corrected chi connectivity index (χ3v) is 4.36. The Morgan fingerprint density at radius 2 is 2.22 bits per heavy atom. The minimum Gasteiger partial charge on any atom is -0.466 e. The van der Waals surface area contributed by atoms with Crippen LogP contribution in [0.1, 0.15) is 35.0 Å². The summed E-state index contributed by atoms with van der Waals surface area (Å²) in [6.45, 7) is 4.59. The van der Waals surface area contributed by atoms with Gasteiger partial charge in [-0.15, -0.1) is 11.3 Å². The molecule has 0 aliphatic heterocycles. The third kappa shape index (κ3) is 4.78. The highest BCUT2D eigenvalue weighted by Gasteiger charge is 2.10. The lowest BCUT2D eigenvalue weighted by Gasteiger charge is -2.03. The standard InChI is InChI=1S/C12H16BrNO3S/c1-3-17-10(15)5-4-6-14-12(16)9-7-8(2)11(13)18-9/h7H,3-6H2,1-2H3,(H,14,16). The molecule has 0 fully saturated rings. The van der Waals surface area contributed by atoms with E-state index in [1.807, 2.05) is 13.0 Å². The fourth-order valence-electron chi connectivity index (χ4n) is 1.33. The summed E-state index contributed by atoms with van der Waals surface area (Å²) >= 11 is 4.79. The van der Waals surface area contributed by atoms with Gasteiger partial charge in [0.15, 0.2) is 0 Å². The van der Waals surface area contributed by atoms with Crippen molar-refractivity contribution in [3.63, 3.8) is 0 Å². The molecule has 0 aliphatic rings. The van der Waals surface area contributed by atoms with Gasteiger partial charge in [-0.1, -0.05) is 0 Å². The first-order chi connectivity index (χ1) is 8.54. The van der Waals surface area contributed by atoms with Gasteiger partial charge >= 0.3 is 5.97 Å². The fourth-order valence-corrected chi connectivity index (χ4v) is 2.78. The second-order valence-electron chi connectivity index (χ2n) is 3.73. The number of hydrogen-bond donors (Lipinski definition) is 1. The van der Waals surface area contributed by atoms with Crippen molar-refractivity contribution in [1.29, 1.82) is 0 Å². The Kier molecular flexibility index (Phi) is 6.35. The topological polar surface area (TPSA) is 55.4 Å². The molecular formula is C12H16BrNO3S. The van der Waals surface area contributed by atoms with Crippen molar-refractivity contribution in [2.75, 3.05) is 13.2 Å². The van der Waals surface area contributed by atoms with E-state index in [2.05, 4.69) is 21.2 Å². The molecule has 4 nitrogen and oxygen atoms in total. The lowest BCUT2D eigenvalue weighted by molar-refractivity contribution is -0.143. The minimum atomic E-state index is -0.221. The van der Waals surface area contributed by atoms with E-state index in [0.29, 0.717) is 30.9 Å². The largest absolute Gasteiger partial charge is 0.466 e. The molecule has 1 aromatic heterocycles. The molecule has 0 unspecified atom stereocenters. The molecule has 1 amide bonds. The number of ether oxygens (including phenoxy) is 1. The first-order valence-corrected chi connectivity index (χ1v) is 7.35. The molecule has 0 saturated heterocycles. The highest BCUT2D eigenvalue weighted by atomic mass is 79.9. The second-order valence-corrected chi connectivity index (χ2v) is 6.10. The van der Waals surface area contributed by atoms with Crippen LogP contribution in [0, 0.1) is 6.92 Å². The van der Waals surface area contributed by atoms with Gasteiger partial charge in [-0.05, 0) is 47.8 Å². The Bertz CT molecular complexity index is 411. The molecule has 100 valence electrons. The number of amides is 1. The monoisotopic (exact) mass is 333 g/mol. The van der Waals surface area contributed by atoms with Gasteiger partial charge in [0.2, 0.25) is 0 Å². The molecule has 0 atom stereocenters. The molecular weight excluding hydrogens is 318 g/mol. The van der Waals surface area contributed by atoms with Crippen LogP contribution in [-0.2, 0) is 9.53 Å². The van der Waals surface area contributed by atoms with E-state index >= 15 is 0 Å². The summed E-state index contributed by atoms with van der Waals surface area (Å²) in [5.74, 6) is -0.320. The third-order valence-electron chi connectivity index (χ3n) is 2.23. The molecule has 6 heteroatoms. The normalized spacial score (nSPS) is 10.2. The van der Waals surface area contributed by atoms with E-state index in [1.165, 1.54) is 11.3 Å². The van der Waals surface area contributed by atoms with Gasteiger partial charge in [0, 0.05) is 13.0 Å². The summed E-state index contributed by atoms with van der Waals surface area (Å²) in [7, 11) is 0. The van der Waals surface area contributed by atoms with Gasteiger partial charge < -0.3 is 10.1 Å². The van der Waals surface area contributed by atoms with Crippen molar-refractivity contribution in [2.45, 2.75) is 26.7 Å². The van der Waals surface area contributed by atoms with Crippen molar-refractivity contribution < 1.29 is 14.3 Å². The number of halogens is 1. The molecule has 1 N–H and O–H groups in total. The van der Waals surface area contributed by atoms with E-state index in [1.54, 1.807) is 6.92 Å². The van der Waals surface area contributed by atoms with Crippen molar-refractivity contribution in [1.82, 2.24) is 5.32 Å². The molecule has 18 heavy (non-hydrogen) atoms. The van der Waals surface area contributed by atoms with E-state index in [-0.39, 0.29) is 11.9 Å². The number of esters is 1. The zero-order valence-corrected chi connectivity index (χ0v) is 12.8. The average Bonchev–Trinajstić information content (AvgIpc) is 2.65. The summed E-state index contributed by atoms with van der Waals surface area (Å²) in [6.07, 6.45) is 0.928. The van der Waals surface area contributed by atoms with Crippen molar-refractivity contribution in [2.24, 2.45) is 0 Å². The number of nitrogens with one attached hydrogen (secondary N) is 1. The summed E-state index contributed by atoms with van der Waals surface area (Å²) in [6, 6.07) is 1.84. The van der Waals surface area contributed by atoms with Crippen LogP contribution < -0.4 is 5.32 Å². The quantitative estimate of drug-likeness (QED) is 0.643. The Morgan fingerprint density at radius 1 is 1.50 bits per heavy atom. The van der Waals surface area contributed by atoms with Crippen LogP contribution in [0.3, 0.4) is 0 Å². The van der Waals surface area contributed by atoms with E-state index in [9.17, 15) is 9.59 Å². The van der Waals surface area contributed by atoms with E-state index < -0.39 is 0 Å². The first kappa shape index (κ1) is 15.2. The van der Waals surface area contributed by atoms with Crippen molar-refractivity contribution >= 4 is 39.1 Å². The number of rotatable bonds is 6. The van der Waals surface area contributed by atoms with Crippen molar-refractivity contribution in [3.8, 4) is 0 Å². The molecule has 0 bridgehead atoms. The predicted molar refractivity (Wildman–Crippen MR) is 75.0 cm³/mol. The van der Waals surface area contributed by atoms with Gasteiger partial charge in [-0.25, -0.2) is 0 Å². The Morgan fingerprint density at radius 3 is 2.78 bits per heavy atom. The maximum atomic E-state index is 11.7. The summed E-state index contributed by atoms with van der Waals surface area (Å²) < 4.78 is 5.77. The Hall–Kier alpha value is -0.880. The zero-order valence-electron chi connectivity index (χ0n) is 10.4. The van der Waals surface area contributed by atoms with Crippen LogP contribution >= 0.6 is 27.3 Å². The molecule has 1 heterocycles. The Balaban J connectivity index is 2.27. The lowest BCUT2D eigenvalue weighted by atomic mass is 10.3. The van der Waals surface area contributed by atoms with Gasteiger partial charge in [0.25, 0.3) is 5.91 Å². The zero-order chi connectivity index (χ0) is 13.5. The van der Waals surface area contributed by atoms with Crippen LogP contribution in [-0.4, -0.2) is 25.0 Å². The maximum Gasteiger partial charge on any atom is 0.305 e. The van der Waals surface area contributed by atoms with Crippen LogP contribution in [0.4, 0.5) is 0 Å². The first-order valence-electron chi connectivity index (χ1n) is 5.74. The van der Waals surface area contributed by atoms with Gasteiger partial charge in [0.05, 0.1) is 15.3 Å². The maximum absolute atomic E-state index is 11.7. The molecule has 0 saturated carbocycles.